The highest BCUT2D eigenvalue weighted by atomic mass is 127. The third-order valence-electron chi connectivity index (χ3n) is 5.43. The first-order chi connectivity index (χ1) is 18.6. The lowest BCUT2D eigenvalue weighted by Gasteiger charge is -2.05. The van der Waals surface area contributed by atoms with Gasteiger partial charge < -0.3 is 9.29 Å². The zero-order valence-electron chi connectivity index (χ0n) is 21.3. The molecular weight excluding hydrogens is 647 g/mol. The van der Waals surface area contributed by atoms with E-state index in [-0.39, 0.29) is 32.0 Å². The molecule has 0 aliphatic carbocycles. The molecule has 0 unspecified atom stereocenters. The fraction of sp³-hybridized carbons (Fsp3) is 0.103. The van der Waals surface area contributed by atoms with Crippen molar-refractivity contribution in [2.24, 2.45) is 0 Å². The van der Waals surface area contributed by atoms with Crippen LogP contribution in [0.15, 0.2) is 95.9 Å². The summed E-state index contributed by atoms with van der Waals surface area (Å²) in [4.78, 5) is 16.9. The molecule has 0 radical (unpaired) electrons. The molecule has 1 aromatic heterocycles. The summed E-state index contributed by atoms with van der Waals surface area (Å²) in [6, 6.07) is 27.8. The molecule has 0 spiro atoms. The van der Waals surface area contributed by atoms with E-state index in [1.807, 2.05) is 62.4 Å². The molecule has 0 aliphatic heterocycles. The molecule has 0 saturated heterocycles. The van der Waals surface area contributed by atoms with E-state index < -0.39 is 10.1 Å². The maximum absolute atomic E-state index is 12.6. The van der Waals surface area contributed by atoms with Gasteiger partial charge in [0, 0.05) is 11.6 Å². The number of carbonyl (C=O) groups excluding carboxylic acids is 1. The van der Waals surface area contributed by atoms with Gasteiger partial charge in [-0.3, -0.25) is 10.1 Å². The number of benzene rings is 4. The summed E-state index contributed by atoms with van der Waals surface area (Å²) in [6.07, 6.45) is 0. The molecule has 0 aliphatic rings. The van der Waals surface area contributed by atoms with Crippen LogP contribution in [0.25, 0.3) is 10.2 Å². The molecule has 0 bridgehead atoms. The number of aromatic nitrogens is 1. The van der Waals surface area contributed by atoms with Gasteiger partial charge in [0.2, 0.25) is 0 Å². The minimum Gasteiger partial charge on any atom is -0.744 e. The zero-order chi connectivity index (χ0) is 28.0. The van der Waals surface area contributed by atoms with E-state index in [9.17, 15) is 17.8 Å². The second-order valence-corrected chi connectivity index (χ2v) is 13.9. The Morgan fingerprint density at radius 2 is 1.59 bits per heavy atom. The Balaban J connectivity index is 0.000000270. The van der Waals surface area contributed by atoms with E-state index in [2.05, 4.69) is 28.5 Å². The molecule has 1 amide bonds. The molecule has 1 heterocycles. The van der Waals surface area contributed by atoms with Crippen molar-refractivity contribution in [3.63, 3.8) is 0 Å². The Labute approximate surface area is 241 Å². The smallest absolute Gasteiger partial charge is 0.358 e. The summed E-state index contributed by atoms with van der Waals surface area (Å²) >= 11 is 1.18. The van der Waals surface area contributed by atoms with Crippen molar-refractivity contribution in [3.05, 3.63) is 115 Å². The quantitative estimate of drug-likeness (QED) is 0.220. The number of carbonyl (C=O) groups is 1. The van der Waals surface area contributed by atoms with Crippen LogP contribution in [0.1, 0.15) is 21.5 Å². The number of methoxy groups -OCH3 is 1. The van der Waals surface area contributed by atoms with Crippen LogP contribution in [0.3, 0.4) is 0 Å². The normalized spacial score (nSPS) is 11.0. The molecule has 1 N–H and O–H groups in total. The van der Waals surface area contributed by atoms with E-state index in [0.29, 0.717) is 10.7 Å². The average Bonchev–Trinajstić information content (AvgIpc) is 3.30. The number of amides is 1. The molecule has 4 aromatic carbocycles. The van der Waals surface area contributed by atoms with Crippen LogP contribution in [0.5, 0.6) is 5.75 Å². The SMILES string of the molecule is COc1cccc([I+]c2ccc(C(=O)Nc3nc4ccc(C)cc4s3)cc2)c1.Cc1ccc(S(=O)(=O)[O-])cc1. The molecule has 5 rings (SSSR count). The van der Waals surface area contributed by atoms with Crippen LogP contribution in [0, 0.1) is 21.0 Å². The van der Waals surface area contributed by atoms with E-state index in [1.165, 1.54) is 36.2 Å². The Bertz CT molecular complexity index is 1700. The maximum Gasteiger partial charge on any atom is 0.358 e. The monoisotopic (exact) mass is 672 g/mol. The molecule has 200 valence electrons. The van der Waals surface area contributed by atoms with Crippen LogP contribution >= 0.6 is 11.3 Å². The third kappa shape index (κ3) is 8.09. The highest BCUT2D eigenvalue weighted by Crippen LogP contribution is 2.27. The van der Waals surface area contributed by atoms with E-state index >= 15 is 0 Å². The Morgan fingerprint density at radius 3 is 2.26 bits per heavy atom. The second kappa shape index (κ2) is 12.7. The van der Waals surface area contributed by atoms with Gasteiger partial charge in [0.1, 0.15) is 15.9 Å². The van der Waals surface area contributed by atoms with Crippen LogP contribution < -0.4 is 31.3 Å². The number of halogens is 1. The number of ether oxygens (including phenoxy) is 1. The van der Waals surface area contributed by atoms with E-state index in [1.54, 1.807) is 19.2 Å². The molecule has 39 heavy (non-hydrogen) atoms. The number of anilines is 1. The van der Waals surface area contributed by atoms with Crippen LogP contribution in [0.2, 0.25) is 0 Å². The Kier molecular flexibility index (Phi) is 9.33. The topological polar surface area (TPSA) is 108 Å². The van der Waals surface area contributed by atoms with Gasteiger partial charge >= 0.3 is 21.2 Å². The molecule has 0 atom stereocenters. The van der Waals surface area contributed by atoms with E-state index in [4.69, 9.17) is 4.74 Å². The number of thiazole rings is 1. The molecule has 5 aromatic rings. The van der Waals surface area contributed by atoms with Gasteiger partial charge in [-0.25, -0.2) is 13.4 Å². The standard InChI is InChI=1S/C22H17IN2O2S.C7H8O3S/c1-14-6-11-19-20(12-14)28-22(24-19)25-21(26)15-7-9-16(10-8-15)23-17-4-3-5-18(13-17)27-2;1-6-2-4-7(5-3-6)11(8,9)10/h3-13H,1-2H3;2-5H,1H3,(H,8,9,10). The van der Waals surface area contributed by atoms with Gasteiger partial charge in [-0.1, -0.05) is 41.2 Å². The predicted octanol–water partition coefficient (Wildman–Crippen LogP) is 2.89. The summed E-state index contributed by atoms with van der Waals surface area (Å²) in [6.45, 7) is 3.87. The van der Waals surface area contributed by atoms with Crippen molar-refractivity contribution in [2.45, 2.75) is 18.7 Å². The lowest BCUT2D eigenvalue weighted by Crippen LogP contribution is -3.61. The number of rotatable bonds is 6. The fourth-order valence-corrected chi connectivity index (χ4v) is 7.12. The third-order valence-corrected chi connectivity index (χ3v) is 9.85. The van der Waals surface area contributed by atoms with Crippen molar-refractivity contribution in [2.75, 3.05) is 12.4 Å². The predicted molar refractivity (Wildman–Crippen MR) is 148 cm³/mol. The summed E-state index contributed by atoms with van der Waals surface area (Å²) in [5.74, 6) is 0.737. The van der Waals surface area contributed by atoms with Crippen LogP contribution in [0.4, 0.5) is 5.13 Å². The number of hydrogen-bond acceptors (Lipinski definition) is 7. The van der Waals surface area contributed by atoms with Gasteiger partial charge in [0.25, 0.3) is 5.91 Å². The van der Waals surface area contributed by atoms with Crippen LogP contribution in [-0.2, 0) is 10.1 Å². The molecule has 7 nitrogen and oxygen atoms in total. The number of hydrogen-bond donors (Lipinski definition) is 1. The molecule has 10 heteroatoms. The van der Waals surface area contributed by atoms with Gasteiger partial charge in [-0.05, 0) is 80.1 Å². The number of nitrogens with zero attached hydrogens (tertiary/aromatic N) is 1. The molecular formula is C29H25IN2O5S2. The summed E-state index contributed by atoms with van der Waals surface area (Å²) < 4.78 is 40.1. The van der Waals surface area contributed by atoms with Crippen molar-refractivity contribution >= 4 is 42.7 Å². The zero-order valence-corrected chi connectivity index (χ0v) is 25.1. The van der Waals surface area contributed by atoms with Gasteiger partial charge in [0.15, 0.2) is 12.3 Å². The lowest BCUT2D eigenvalue weighted by molar-refractivity contribution is -0.597. The highest BCUT2D eigenvalue weighted by molar-refractivity contribution is 7.85. The van der Waals surface area contributed by atoms with Crippen LogP contribution in [-0.4, -0.2) is 31.0 Å². The molecule has 0 fully saturated rings. The molecule has 0 saturated carbocycles. The fourth-order valence-electron chi connectivity index (χ4n) is 3.40. The minimum atomic E-state index is -4.27. The largest absolute Gasteiger partial charge is 0.744 e. The first-order valence-corrected chi connectivity index (χ1v) is 16.1. The summed E-state index contributed by atoms with van der Waals surface area (Å²) in [5, 5.41) is 3.54. The average molecular weight is 673 g/mol. The van der Waals surface area contributed by atoms with Crippen molar-refractivity contribution in [1.82, 2.24) is 4.98 Å². The summed E-state index contributed by atoms with van der Waals surface area (Å²) in [7, 11) is -2.59. The summed E-state index contributed by atoms with van der Waals surface area (Å²) in [5.41, 5.74) is 3.65. The van der Waals surface area contributed by atoms with Crippen molar-refractivity contribution in [1.29, 1.82) is 0 Å². The first kappa shape index (κ1) is 28.7. The van der Waals surface area contributed by atoms with Gasteiger partial charge in [-0.15, -0.1) is 0 Å². The van der Waals surface area contributed by atoms with E-state index in [0.717, 1.165) is 21.5 Å². The van der Waals surface area contributed by atoms with Crippen molar-refractivity contribution < 1.29 is 43.7 Å². The Morgan fingerprint density at radius 1 is 0.897 bits per heavy atom. The van der Waals surface area contributed by atoms with Gasteiger partial charge in [0.05, 0.1) is 22.2 Å². The highest BCUT2D eigenvalue weighted by Gasteiger charge is 2.17. The van der Waals surface area contributed by atoms with Gasteiger partial charge in [-0.2, -0.15) is 0 Å². The Hall–Kier alpha value is -3.32. The maximum atomic E-state index is 12.6. The first-order valence-electron chi connectivity index (χ1n) is 11.7. The number of nitrogens with one attached hydrogen (secondary N) is 1. The number of aryl methyl sites for hydroxylation is 2. The minimum absolute atomic E-state index is 0.137. The van der Waals surface area contributed by atoms with Crippen molar-refractivity contribution in [3.8, 4) is 5.75 Å². The second-order valence-electron chi connectivity index (χ2n) is 8.47. The number of fused-ring (bicyclic) bond motifs is 1. The lowest BCUT2D eigenvalue weighted by atomic mass is 10.2.